The van der Waals surface area contributed by atoms with Gasteiger partial charge in [0.2, 0.25) is 0 Å². The first-order valence-electron chi connectivity index (χ1n) is 6.94. The number of rotatable bonds is 6. The van der Waals surface area contributed by atoms with Crippen LogP contribution in [0.15, 0.2) is 0 Å². The lowest BCUT2D eigenvalue weighted by Crippen LogP contribution is -2.30. The van der Waals surface area contributed by atoms with Gasteiger partial charge < -0.3 is 5.32 Å². The molecule has 1 N–H and O–H groups in total. The fourth-order valence-electron chi connectivity index (χ4n) is 2.54. The van der Waals surface area contributed by atoms with Crippen LogP contribution in [0.3, 0.4) is 0 Å². The second-order valence-electron chi connectivity index (χ2n) is 5.53. The van der Waals surface area contributed by atoms with Gasteiger partial charge in [-0.3, -0.25) is 0 Å². The first-order valence-corrected chi connectivity index (χ1v) is 6.94. The smallest absolute Gasteiger partial charge is 0.00180 e. The van der Waals surface area contributed by atoms with Crippen LogP contribution in [0.4, 0.5) is 0 Å². The van der Waals surface area contributed by atoms with E-state index >= 15 is 0 Å². The summed E-state index contributed by atoms with van der Waals surface area (Å²) in [5, 5.41) is 3.65. The topological polar surface area (TPSA) is 12.0 Å². The Morgan fingerprint density at radius 1 is 1.27 bits per heavy atom. The maximum Gasteiger partial charge on any atom is -0.00180 e. The lowest BCUT2D eigenvalue weighted by molar-refractivity contribution is 0.247. The van der Waals surface area contributed by atoms with Gasteiger partial charge in [-0.25, -0.2) is 0 Å². The molecule has 90 valence electrons. The van der Waals surface area contributed by atoms with Crippen LogP contribution >= 0.6 is 0 Å². The molecule has 1 aliphatic rings. The van der Waals surface area contributed by atoms with Crippen molar-refractivity contribution in [3.8, 4) is 0 Å². The van der Waals surface area contributed by atoms with E-state index in [2.05, 4.69) is 26.1 Å². The molecule has 1 nitrogen and oxygen atoms in total. The molecule has 1 fully saturated rings. The summed E-state index contributed by atoms with van der Waals surface area (Å²) in [4.78, 5) is 0. The highest BCUT2D eigenvalue weighted by Crippen LogP contribution is 2.28. The summed E-state index contributed by atoms with van der Waals surface area (Å²) in [5.41, 5.74) is 0. The Hall–Kier alpha value is -0.0400. The summed E-state index contributed by atoms with van der Waals surface area (Å²) >= 11 is 0. The van der Waals surface area contributed by atoms with Crippen LogP contribution < -0.4 is 5.32 Å². The molecule has 0 saturated heterocycles. The van der Waals surface area contributed by atoms with Gasteiger partial charge in [-0.1, -0.05) is 46.5 Å². The van der Waals surface area contributed by atoms with E-state index in [0.29, 0.717) is 0 Å². The summed E-state index contributed by atoms with van der Waals surface area (Å²) in [5.74, 6) is 2.80. The summed E-state index contributed by atoms with van der Waals surface area (Å²) < 4.78 is 0. The largest absolute Gasteiger partial charge is 0.316 e. The molecule has 1 saturated carbocycles. The molecule has 0 amide bonds. The molecule has 3 unspecified atom stereocenters. The van der Waals surface area contributed by atoms with E-state index in [1.165, 1.54) is 51.6 Å². The molecule has 0 bridgehead atoms. The maximum atomic E-state index is 3.65. The van der Waals surface area contributed by atoms with Crippen LogP contribution in [0.1, 0.15) is 59.3 Å². The van der Waals surface area contributed by atoms with E-state index in [0.717, 1.165) is 17.8 Å². The standard InChI is InChI=1S/C14H29N/c1-4-12(2)9-10-15-11-14-8-6-5-7-13(14)3/h12-15H,4-11H2,1-3H3. The quantitative estimate of drug-likeness (QED) is 0.658. The summed E-state index contributed by atoms with van der Waals surface area (Å²) in [7, 11) is 0. The van der Waals surface area contributed by atoms with Crippen LogP contribution in [0.2, 0.25) is 0 Å². The number of hydrogen-bond acceptors (Lipinski definition) is 1. The van der Waals surface area contributed by atoms with Gasteiger partial charge in [-0.05, 0) is 43.7 Å². The van der Waals surface area contributed by atoms with Gasteiger partial charge in [0.15, 0.2) is 0 Å². The van der Waals surface area contributed by atoms with Gasteiger partial charge >= 0.3 is 0 Å². The lowest BCUT2D eigenvalue weighted by Gasteiger charge is -2.29. The second-order valence-corrected chi connectivity index (χ2v) is 5.53. The van der Waals surface area contributed by atoms with E-state index in [9.17, 15) is 0 Å². The molecular weight excluding hydrogens is 182 g/mol. The van der Waals surface area contributed by atoms with E-state index < -0.39 is 0 Å². The van der Waals surface area contributed by atoms with Crippen molar-refractivity contribution in [2.24, 2.45) is 17.8 Å². The van der Waals surface area contributed by atoms with Crippen molar-refractivity contribution in [1.29, 1.82) is 0 Å². The molecule has 1 aliphatic carbocycles. The highest BCUT2D eigenvalue weighted by molar-refractivity contribution is 4.74. The van der Waals surface area contributed by atoms with Crippen molar-refractivity contribution >= 4 is 0 Å². The average molecular weight is 211 g/mol. The molecule has 0 aromatic carbocycles. The molecule has 3 atom stereocenters. The number of nitrogens with one attached hydrogen (secondary N) is 1. The van der Waals surface area contributed by atoms with Crippen LogP contribution in [0, 0.1) is 17.8 Å². The molecule has 1 rings (SSSR count). The van der Waals surface area contributed by atoms with E-state index in [1.807, 2.05) is 0 Å². The Labute approximate surface area is 96.0 Å². The number of hydrogen-bond donors (Lipinski definition) is 1. The van der Waals surface area contributed by atoms with Gasteiger partial charge in [0, 0.05) is 0 Å². The highest BCUT2D eigenvalue weighted by atomic mass is 14.9. The van der Waals surface area contributed by atoms with Gasteiger partial charge in [0.25, 0.3) is 0 Å². The van der Waals surface area contributed by atoms with Gasteiger partial charge in [-0.15, -0.1) is 0 Å². The minimum Gasteiger partial charge on any atom is -0.316 e. The van der Waals surface area contributed by atoms with Crippen molar-refractivity contribution in [2.75, 3.05) is 13.1 Å². The molecule has 1 heteroatoms. The minimum atomic E-state index is 0.890. The zero-order valence-electron chi connectivity index (χ0n) is 10.9. The molecular formula is C14H29N. The molecule has 0 spiro atoms. The average Bonchev–Trinajstić information content (AvgIpc) is 2.26. The Balaban J connectivity index is 2.03. The normalized spacial score (nSPS) is 29.0. The molecule has 0 heterocycles. The van der Waals surface area contributed by atoms with E-state index in [-0.39, 0.29) is 0 Å². The van der Waals surface area contributed by atoms with E-state index in [4.69, 9.17) is 0 Å². The third-order valence-electron chi connectivity index (χ3n) is 4.21. The molecule has 0 aromatic rings. The summed E-state index contributed by atoms with van der Waals surface area (Å²) in [6, 6.07) is 0. The molecule has 0 aliphatic heterocycles. The first-order chi connectivity index (χ1) is 7.24. The zero-order valence-corrected chi connectivity index (χ0v) is 10.9. The fourth-order valence-corrected chi connectivity index (χ4v) is 2.54. The van der Waals surface area contributed by atoms with Crippen molar-refractivity contribution in [2.45, 2.75) is 59.3 Å². The van der Waals surface area contributed by atoms with Crippen LogP contribution in [-0.4, -0.2) is 13.1 Å². The summed E-state index contributed by atoms with van der Waals surface area (Å²) in [6.45, 7) is 9.55. The van der Waals surface area contributed by atoms with Crippen molar-refractivity contribution < 1.29 is 0 Å². The summed E-state index contributed by atoms with van der Waals surface area (Å²) in [6.07, 6.45) is 8.50. The van der Waals surface area contributed by atoms with Crippen molar-refractivity contribution in [3.05, 3.63) is 0 Å². The Bertz CT molecular complexity index is 155. The fraction of sp³-hybridized carbons (Fsp3) is 1.00. The van der Waals surface area contributed by atoms with Crippen molar-refractivity contribution in [3.63, 3.8) is 0 Å². The second kappa shape index (κ2) is 7.27. The molecule has 15 heavy (non-hydrogen) atoms. The Kier molecular flexibility index (Phi) is 6.31. The Morgan fingerprint density at radius 3 is 2.67 bits per heavy atom. The van der Waals surface area contributed by atoms with E-state index in [1.54, 1.807) is 0 Å². The molecule has 0 radical (unpaired) electrons. The lowest BCUT2D eigenvalue weighted by atomic mass is 9.80. The Morgan fingerprint density at radius 2 is 2.00 bits per heavy atom. The first kappa shape index (κ1) is 13.0. The SMILES string of the molecule is CCC(C)CCNCC1CCCCC1C. The third kappa shape index (κ3) is 5.01. The van der Waals surface area contributed by atoms with Crippen LogP contribution in [0.25, 0.3) is 0 Å². The van der Waals surface area contributed by atoms with Crippen LogP contribution in [0.5, 0.6) is 0 Å². The van der Waals surface area contributed by atoms with Gasteiger partial charge in [-0.2, -0.15) is 0 Å². The monoisotopic (exact) mass is 211 g/mol. The predicted octanol–water partition coefficient (Wildman–Crippen LogP) is 3.84. The maximum absolute atomic E-state index is 3.65. The van der Waals surface area contributed by atoms with Gasteiger partial charge in [0.1, 0.15) is 0 Å². The van der Waals surface area contributed by atoms with Crippen LogP contribution in [-0.2, 0) is 0 Å². The third-order valence-corrected chi connectivity index (χ3v) is 4.21. The minimum absolute atomic E-state index is 0.890. The van der Waals surface area contributed by atoms with Gasteiger partial charge in [0.05, 0.1) is 0 Å². The molecule has 0 aromatic heterocycles. The van der Waals surface area contributed by atoms with Crippen molar-refractivity contribution in [1.82, 2.24) is 5.32 Å². The zero-order chi connectivity index (χ0) is 11.1. The predicted molar refractivity (Wildman–Crippen MR) is 68.1 cm³/mol. The highest BCUT2D eigenvalue weighted by Gasteiger charge is 2.20.